The van der Waals surface area contributed by atoms with Crippen LogP contribution in [-0.4, -0.2) is 59.9 Å². The Balaban J connectivity index is 1.44. The van der Waals surface area contributed by atoms with E-state index in [4.69, 9.17) is 16.3 Å². The van der Waals surface area contributed by atoms with Crippen LogP contribution in [0.4, 0.5) is 4.39 Å². The van der Waals surface area contributed by atoms with E-state index in [1.165, 1.54) is 12.1 Å². The number of benzene rings is 2. The van der Waals surface area contributed by atoms with E-state index in [0.717, 1.165) is 48.2 Å². The van der Waals surface area contributed by atoms with Gasteiger partial charge in [-0.05, 0) is 86.2 Å². The number of ketones is 1. The fraction of sp³-hybridized carbons (Fsp3) is 0.481. The first-order valence-corrected chi connectivity index (χ1v) is 12.3. The van der Waals surface area contributed by atoms with E-state index in [2.05, 4.69) is 11.8 Å². The van der Waals surface area contributed by atoms with Gasteiger partial charge in [0.25, 0.3) is 5.91 Å². The number of carbonyl (C=O) groups excluding carboxylic acids is 2. The molecule has 0 saturated carbocycles. The molecule has 2 aliphatic rings. The van der Waals surface area contributed by atoms with Crippen LogP contribution in [0.25, 0.3) is 0 Å². The van der Waals surface area contributed by atoms with Crippen molar-refractivity contribution in [2.75, 3.05) is 26.2 Å². The van der Waals surface area contributed by atoms with Crippen LogP contribution >= 0.6 is 11.6 Å². The van der Waals surface area contributed by atoms with E-state index in [1.54, 1.807) is 13.0 Å². The summed E-state index contributed by atoms with van der Waals surface area (Å²) >= 11 is 6.43. The summed E-state index contributed by atoms with van der Waals surface area (Å²) in [6.07, 6.45) is 1.64. The van der Waals surface area contributed by atoms with Crippen LogP contribution < -0.4 is 0 Å². The number of rotatable bonds is 6. The van der Waals surface area contributed by atoms with Crippen molar-refractivity contribution < 1.29 is 18.7 Å². The fourth-order valence-electron chi connectivity index (χ4n) is 5.02. The first-order chi connectivity index (χ1) is 16.2. The van der Waals surface area contributed by atoms with Crippen molar-refractivity contribution in [1.82, 2.24) is 9.80 Å². The summed E-state index contributed by atoms with van der Waals surface area (Å²) in [6, 6.07) is 8.29. The maximum absolute atomic E-state index is 13.8. The number of Topliss-reactive ketones (excluding diaryl/α,β-unsaturated/α-hetero) is 1. The summed E-state index contributed by atoms with van der Waals surface area (Å²) < 4.78 is 19.4. The van der Waals surface area contributed by atoms with Crippen LogP contribution in [0.5, 0.6) is 0 Å². The minimum Gasteiger partial charge on any atom is -0.368 e. The molecule has 2 saturated heterocycles. The van der Waals surface area contributed by atoms with Gasteiger partial charge in [0.2, 0.25) is 0 Å². The Morgan fingerprint density at radius 2 is 1.88 bits per heavy atom. The van der Waals surface area contributed by atoms with Gasteiger partial charge < -0.3 is 9.64 Å². The maximum Gasteiger partial charge on any atom is 0.252 e. The molecular weight excluding hydrogens is 455 g/mol. The van der Waals surface area contributed by atoms with Crippen LogP contribution in [0.3, 0.4) is 0 Å². The summed E-state index contributed by atoms with van der Waals surface area (Å²) in [5.74, 6) is -0.427. The van der Waals surface area contributed by atoms with Gasteiger partial charge in [-0.3, -0.25) is 14.5 Å². The van der Waals surface area contributed by atoms with E-state index in [1.807, 2.05) is 24.0 Å². The maximum atomic E-state index is 13.8. The van der Waals surface area contributed by atoms with Gasteiger partial charge in [-0.25, -0.2) is 4.39 Å². The number of hydrogen-bond donors (Lipinski definition) is 0. The third-order valence-electron chi connectivity index (χ3n) is 6.90. The zero-order valence-electron chi connectivity index (χ0n) is 20.1. The molecule has 0 bridgehead atoms. The van der Waals surface area contributed by atoms with E-state index >= 15 is 0 Å². The van der Waals surface area contributed by atoms with Gasteiger partial charge in [-0.1, -0.05) is 11.6 Å². The molecule has 4 rings (SSSR count). The number of carbonyl (C=O) groups is 2. The van der Waals surface area contributed by atoms with E-state index < -0.39 is 5.82 Å². The van der Waals surface area contributed by atoms with Crippen molar-refractivity contribution in [2.24, 2.45) is 0 Å². The van der Waals surface area contributed by atoms with E-state index in [9.17, 15) is 14.0 Å². The smallest absolute Gasteiger partial charge is 0.252 e. The van der Waals surface area contributed by atoms with Crippen molar-refractivity contribution in [2.45, 2.75) is 58.7 Å². The SMILES string of the molecule is Cc1cc(F)cc(C(=O)Cc2cc(Cl)cc(CN3CCN(C(=O)[C@H]4CCCO4)[C@@H](C)C3)c2C)c1. The second kappa shape index (κ2) is 10.5. The van der Waals surface area contributed by atoms with Gasteiger partial charge in [0.1, 0.15) is 11.9 Å². The molecule has 0 unspecified atom stereocenters. The predicted octanol–water partition coefficient (Wildman–Crippen LogP) is 4.73. The lowest BCUT2D eigenvalue weighted by Gasteiger charge is -2.41. The topological polar surface area (TPSA) is 49.9 Å². The molecule has 0 N–H and O–H groups in total. The number of halogens is 2. The Kier molecular flexibility index (Phi) is 7.70. The molecule has 0 aromatic heterocycles. The third kappa shape index (κ3) is 5.68. The number of ether oxygens (including phenoxy) is 1. The molecule has 2 heterocycles. The van der Waals surface area contributed by atoms with Gasteiger partial charge in [0.15, 0.2) is 5.78 Å². The van der Waals surface area contributed by atoms with Crippen LogP contribution in [0.2, 0.25) is 5.02 Å². The second-order valence-electron chi connectivity index (χ2n) is 9.58. The third-order valence-corrected chi connectivity index (χ3v) is 7.11. The van der Waals surface area contributed by atoms with Crippen molar-refractivity contribution in [3.63, 3.8) is 0 Å². The Morgan fingerprint density at radius 3 is 2.56 bits per heavy atom. The fourth-order valence-corrected chi connectivity index (χ4v) is 5.28. The van der Waals surface area contributed by atoms with Gasteiger partial charge in [-0.2, -0.15) is 0 Å². The highest BCUT2D eigenvalue weighted by molar-refractivity contribution is 6.30. The summed E-state index contributed by atoms with van der Waals surface area (Å²) in [6.45, 7) is 9.43. The van der Waals surface area contributed by atoms with Gasteiger partial charge in [0, 0.05) is 55.8 Å². The minimum atomic E-state index is -0.405. The Hall–Kier alpha value is -2.28. The molecule has 2 aliphatic heterocycles. The Morgan fingerprint density at radius 1 is 1.12 bits per heavy atom. The summed E-state index contributed by atoms with van der Waals surface area (Å²) in [5.41, 5.74) is 4.04. The van der Waals surface area contributed by atoms with Gasteiger partial charge in [-0.15, -0.1) is 0 Å². The summed E-state index contributed by atoms with van der Waals surface area (Å²) in [5, 5.41) is 0.582. The average Bonchev–Trinajstić information content (AvgIpc) is 3.31. The molecule has 2 aromatic rings. The number of amides is 1. The Bertz CT molecular complexity index is 1060. The molecule has 2 fully saturated rings. The average molecular weight is 487 g/mol. The van der Waals surface area contributed by atoms with Crippen LogP contribution in [0.1, 0.15) is 52.4 Å². The standard InChI is InChI=1S/C27H32ClFN2O3/c1-17-9-21(13-24(29)10-17)25(32)14-20-11-23(28)12-22(19(20)3)16-30-6-7-31(18(2)15-30)27(33)26-5-4-8-34-26/h9-13,18,26H,4-8,14-16H2,1-3H3/t18-,26+/m0/s1. The highest BCUT2D eigenvalue weighted by Gasteiger charge is 2.34. The highest BCUT2D eigenvalue weighted by Crippen LogP contribution is 2.25. The van der Waals surface area contributed by atoms with Crippen molar-refractivity contribution in [3.8, 4) is 0 Å². The molecule has 2 atom stereocenters. The number of hydrogen-bond acceptors (Lipinski definition) is 4. The van der Waals surface area contributed by atoms with Crippen molar-refractivity contribution in [3.05, 3.63) is 69.0 Å². The molecule has 5 nitrogen and oxygen atoms in total. The van der Waals surface area contributed by atoms with Crippen LogP contribution in [-0.2, 0) is 22.5 Å². The first-order valence-electron chi connectivity index (χ1n) is 11.9. The van der Waals surface area contributed by atoms with Crippen LogP contribution in [0, 0.1) is 19.7 Å². The van der Waals surface area contributed by atoms with Crippen LogP contribution in [0.15, 0.2) is 30.3 Å². The van der Waals surface area contributed by atoms with E-state index in [-0.39, 0.29) is 30.3 Å². The molecule has 0 radical (unpaired) electrons. The second-order valence-corrected chi connectivity index (χ2v) is 10.0. The molecule has 1 amide bonds. The molecule has 0 spiro atoms. The zero-order valence-corrected chi connectivity index (χ0v) is 20.8. The van der Waals surface area contributed by atoms with Gasteiger partial charge >= 0.3 is 0 Å². The largest absolute Gasteiger partial charge is 0.368 e. The summed E-state index contributed by atoms with van der Waals surface area (Å²) in [4.78, 5) is 29.9. The Labute approximate surface area is 205 Å². The van der Waals surface area contributed by atoms with Crippen molar-refractivity contribution in [1.29, 1.82) is 0 Å². The highest BCUT2D eigenvalue weighted by atomic mass is 35.5. The lowest BCUT2D eigenvalue weighted by Crippen LogP contribution is -2.55. The molecular formula is C27H32ClFN2O3. The zero-order chi connectivity index (χ0) is 24.4. The molecule has 34 heavy (non-hydrogen) atoms. The molecule has 0 aliphatic carbocycles. The summed E-state index contributed by atoms with van der Waals surface area (Å²) in [7, 11) is 0. The number of aryl methyl sites for hydroxylation is 1. The van der Waals surface area contributed by atoms with E-state index in [0.29, 0.717) is 30.3 Å². The number of piperazine rings is 1. The minimum absolute atomic E-state index is 0.0993. The molecule has 182 valence electrons. The molecule has 2 aromatic carbocycles. The number of nitrogens with zero attached hydrogens (tertiary/aromatic N) is 2. The van der Waals surface area contributed by atoms with Crippen molar-refractivity contribution >= 4 is 23.3 Å². The lowest BCUT2D eigenvalue weighted by molar-refractivity contribution is -0.145. The first kappa shape index (κ1) is 24.8. The lowest BCUT2D eigenvalue weighted by atomic mass is 9.95. The molecule has 7 heteroatoms. The predicted molar refractivity (Wildman–Crippen MR) is 131 cm³/mol. The van der Waals surface area contributed by atoms with Gasteiger partial charge in [0.05, 0.1) is 0 Å². The normalized spacial score (nSPS) is 21.1. The monoisotopic (exact) mass is 486 g/mol. The quantitative estimate of drug-likeness (QED) is 0.554.